The number of non-ortho nitro benzene ring substituents is 1. The summed E-state index contributed by atoms with van der Waals surface area (Å²) in [5, 5.41) is 16.5. The van der Waals surface area contributed by atoms with Gasteiger partial charge >= 0.3 is 5.97 Å². The van der Waals surface area contributed by atoms with Crippen molar-refractivity contribution in [1.29, 1.82) is 0 Å². The molecule has 0 fully saturated rings. The molecule has 23 heavy (non-hydrogen) atoms. The SMILES string of the molecule is Cn1cc(C(=O)OCC(=O)Nc2cc([N+](=O)[O-])ccc2F)cn1. The number of nitro benzene ring substituents is 1. The van der Waals surface area contributed by atoms with Crippen LogP contribution >= 0.6 is 0 Å². The van der Waals surface area contributed by atoms with Crippen LogP contribution in [-0.4, -0.2) is 33.2 Å². The van der Waals surface area contributed by atoms with E-state index < -0.39 is 29.2 Å². The average molecular weight is 322 g/mol. The van der Waals surface area contributed by atoms with Crippen LogP contribution in [0.3, 0.4) is 0 Å². The fraction of sp³-hybridized carbons (Fsp3) is 0.154. The summed E-state index contributed by atoms with van der Waals surface area (Å²) in [5.74, 6) is -2.45. The zero-order valence-electron chi connectivity index (χ0n) is 11.9. The third kappa shape index (κ3) is 4.09. The Balaban J connectivity index is 1.96. The highest BCUT2D eigenvalue weighted by Gasteiger charge is 2.15. The Kier molecular flexibility index (Phi) is 4.64. The number of aryl methyl sites for hydroxylation is 1. The zero-order chi connectivity index (χ0) is 17.0. The minimum atomic E-state index is -0.845. The van der Waals surface area contributed by atoms with Crippen LogP contribution in [0.1, 0.15) is 10.4 Å². The minimum absolute atomic E-state index is 0.154. The predicted octanol–water partition coefficient (Wildman–Crippen LogP) is 1.26. The smallest absolute Gasteiger partial charge is 0.341 e. The van der Waals surface area contributed by atoms with E-state index in [9.17, 15) is 24.1 Å². The van der Waals surface area contributed by atoms with E-state index in [1.165, 1.54) is 17.1 Å². The first-order valence-corrected chi connectivity index (χ1v) is 6.26. The van der Waals surface area contributed by atoms with Crippen LogP contribution in [0.25, 0.3) is 0 Å². The van der Waals surface area contributed by atoms with Gasteiger partial charge in [0.15, 0.2) is 6.61 Å². The molecule has 0 spiro atoms. The topological polar surface area (TPSA) is 116 Å². The van der Waals surface area contributed by atoms with Gasteiger partial charge in [-0.2, -0.15) is 5.10 Å². The number of aromatic nitrogens is 2. The quantitative estimate of drug-likeness (QED) is 0.503. The second-order valence-corrected chi connectivity index (χ2v) is 4.45. The van der Waals surface area contributed by atoms with Crippen LogP contribution < -0.4 is 5.32 Å². The van der Waals surface area contributed by atoms with Crippen molar-refractivity contribution in [3.8, 4) is 0 Å². The van der Waals surface area contributed by atoms with Crippen LogP contribution in [0.5, 0.6) is 0 Å². The highest BCUT2D eigenvalue weighted by atomic mass is 19.1. The van der Waals surface area contributed by atoms with Gasteiger partial charge in [-0.3, -0.25) is 19.6 Å². The summed E-state index contributed by atoms with van der Waals surface area (Å²) < 4.78 is 19.6. The number of halogens is 1. The number of ether oxygens (including phenoxy) is 1. The Bertz CT molecular complexity index is 773. The molecule has 2 rings (SSSR count). The first-order chi connectivity index (χ1) is 10.9. The summed E-state index contributed by atoms with van der Waals surface area (Å²) in [7, 11) is 1.61. The fourth-order valence-corrected chi connectivity index (χ4v) is 1.65. The normalized spacial score (nSPS) is 10.2. The molecule has 0 aliphatic carbocycles. The molecule has 120 valence electrons. The van der Waals surface area contributed by atoms with Gasteiger partial charge in [0.05, 0.1) is 22.4 Å². The lowest BCUT2D eigenvalue weighted by Gasteiger charge is -2.06. The monoisotopic (exact) mass is 322 g/mol. The Labute approximate surface area is 128 Å². The number of hydrogen-bond acceptors (Lipinski definition) is 6. The van der Waals surface area contributed by atoms with Crippen LogP contribution in [0.4, 0.5) is 15.8 Å². The Morgan fingerprint density at radius 3 is 2.83 bits per heavy atom. The van der Waals surface area contributed by atoms with Gasteiger partial charge in [0.1, 0.15) is 5.82 Å². The van der Waals surface area contributed by atoms with E-state index in [4.69, 9.17) is 4.74 Å². The van der Waals surface area contributed by atoms with Gasteiger partial charge in [0.2, 0.25) is 0 Å². The van der Waals surface area contributed by atoms with E-state index in [-0.39, 0.29) is 16.9 Å². The molecule has 10 heteroatoms. The van der Waals surface area contributed by atoms with E-state index >= 15 is 0 Å². The molecule has 0 aliphatic heterocycles. The molecule has 0 saturated carbocycles. The van der Waals surface area contributed by atoms with Crippen molar-refractivity contribution < 1.29 is 23.6 Å². The van der Waals surface area contributed by atoms with E-state index in [2.05, 4.69) is 10.4 Å². The van der Waals surface area contributed by atoms with Gasteiger partial charge in [-0.1, -0.05) is 0 Å². The number of amides is 1. The van der Waals surface area contributed by atoms with Crippen molar-refractivity contribution in [2.24, 2.45) is 7.05 Å². The third-order valence-corrected chi connectivity index (χ3v) is 2.71. The van der Waals surface area contributed by atoms with E-state index in [0.717, 1.165) is 18.2 Å². The van der Waals surface area contributed by atoms with Gasteiger partial charge in [-0.05, 0) is 6.07 Å². The van der Waals surface area contributed by atoms with Gasteiger partial charge < -0.3 is 10.1 Å². The van der Waals surface area contributed by atoms with Crippen molar-refractivity contribution in [2.75, 3.05) is 11.9 Å². The van der Waals surface area contributed by atoms with Gasteiger partial charge in [0.25, 0.3) is 11.6 Å². The molecule has 0 atom stereocenters. The molecular weight excluding hydrogens is 311 g/mol. The second kappa shape index (κ2) is 6.64. The largest absolute Gasteiger partial charge is 0.452 e. The highest BCUT2D eigenvalue weighted by Crippen LogP contribution is 2.21. The summed E-state index contributed by atoms with van der Waals surface area (Å²) in [6.07, 6.45) is 2.67. The molecule has 0 radical (unpaired) electrons. The van der Waals surface area contributed by atoms with Crippen molar-refractivity contribution in [3.05, 3.63) is 52.1 Å². The first-order valence-electron chi connectivity index (χ1n) is 6.26. The lowest BCUT2D eigenvalue weighted by Crippen LogP contribution is -2.21. The summed E-state index contributed by atoms with van der Waals surface area (Å²) in [4.78, 5) is 33.1. The van der Waals surface area contributed by atoms with Crippen molar-refractivity contribution in [1.82, 2.24) is 9.78 Å². The lowest BCUT2D eigenvalue weighted by molar-refractivity contribution is -0.384. The number of carbonyl (C=O) groups is 2. The highest BCUT2D eigenvalue weighted by molar-refractivity contribution is 5.95. The molecular formula is C13H11FN4O5. The standard InChI is InChI=1S/C13H11FN4O5/c1-17-6-8(5-15-17)13(20)23-7-12(19)16-11-4-9(18(21)22)2-3-10(11)14/h2-6H,7H2,1H3,(H,16,19). The van der Waals surface area contributed by atoms with E-state index in [1.54, 1.807) is 7.05 Å². The Hall–Kier alpha value is -3.30. The average Bonchev–Trinajstić information content (AvgIpc) is 2.93. The number of nitrogens with zero attached hydrogens (tertiary/aromatic N) is 3. The first kappa shape index (κ1) is 16.1. The fourth-order valence-electron chi connectivity index (χ4n) is 1.65. The van der Waals surface area contributed by atoms with E-state index in [1.807, 2.05) is 0 Å². The third-order valence-electron chi connectivity index (χ3n) is 2.71. The number of carbonyl (C=O) groups excluding carboxylic acids is 2. The Morgan fingerprint density at radius 1 is 1.48 bits per heavy atom. The maximum Gasteiger partial charge on any atom is 0.341 e. The molecule has 0 unspecified atom stereocenters. The number of nitro groups is 1. The molecule has 1 aromatic carbocycles. The van der Waals surface area contributed by atoms with Crippen molar-refractivity contribution in [3.63, 3.8) is 0 Å². The van der Waals surface area contributed by atoms with Crippen molar-refractivity contribution in [2.45, 2.75) is 0 Å². The molecule has 0 bridgehead atoms. The molecule has 1 amide bonds. The number of nitrogens with one attached hydrogen (secondary N) is 1. The molecule has 9 nitrogen and oxygen atoms in total. The summed E-state index contributed by atoms with van der Waals surface area (Å²) in [6, 6.07) is 2.69. The number of esters is 1. The van der Waals surface area contributed by atoms with Crippen LogP contribution in [0.2, 0.25) is 0 Å². The molecule has 2 aromatic rings. The number of hydrogen-bond donors (Lipinski definition) is 1. The van der Waals surface area contributed by atoms with Gasteiger partial charge in [0, 0.05) is 25.4 Å². The molecule has 1 N–H and O–H groups in total. The molecule has 1 heterocycles. The summed E-state index contributed by atoms with van der Waals surface area (Å²) in [5.41, 5.74) is -0.600. The summed E-state index contributed by atoms with van der Waals surface area (Å²) in [6.45, 7) is -0.671. The molecule has 0 saturated heterocycles. The minimum Gasteiger partial charge on any atom is -0.452 e. The maximum absolute atomic E-state index is 13.5. The molecule has 0 aliphatic rings. The van der Waals surface area contributed by atoms with Crippen LogP contribution in [0.15, 0.2) is 30.6 Å². The van der Waals surface area contributed by atoms with E-state index in [0.29, 0.717) is 0 Å². The maximum atomic E-state index is 13.5. The lowest BCUT2D eigenvalue weighted by atomic mass is 10.2. The summed E-state index contributed by atoms with van der Waals surface area (Å²) >= 11 is 0. The van der Waals surface area contributed by atoms with Crippen molar-refractivity contribution >= 4 is 23.3 Å². The second-order valence-electron chi connectivity index (χ2n) is 4.45. The molecule has 1 aromatic heterocycles. The van der Waals surface area contributed by atoms with Crippen LogP contribution in [-0.2, 0) is 16.6 Å². The number of benzene rings is 1. The zero-order valence-corrected chi connectivity index (χ0v) is 11.9. The van der Waals surface area contributed by atoms with Gasteiger partial charge in [-0.15, -0.1) is 0 Å². The van der Waals surface area contributed by atoms with Crippen LogP contribution in [0, 0.1) is 15.9 Å². The number of anilines is 1. The predicted molar refractivity (Wildman–Crippen MR) is 75.2 cm³/mol. The Morgan fingerprint density at radius 2 is 2.22 bits per heavy atom. The van der Waals surface area contributed by atoms with Gasteiger partial charge in [-0.25, -0.2) is 9.18 Å². The number of rotatable bonds is 5.